The minimum Gasteiger partial charge on any atom is -0.356 e. The van der Waals surface area contributed by atoms with E-state index in [1.165, 1.54) is 38.5 Å². The second-order valence-electron chi connectivity index (χ2n) is 5.87. The lowest BCUT2D eigenvalue weighted by molar-refractivity contribution is 0.459. The molecule has 1 aliphatic carbocycles. The van der Waals surface area contributed by atoms with E-state index in [4.69, 9.17) is 4.98 Å². The largest absolute Gasteiger partial charge is 0.356 e. The molecule has 1 saturated carbocycles. The van der Waals surface area contributed by atoms with Crippen molar-refractivity contribution in [2.45, 2.75) is 51.4 Å². The molecule has 2 fully saturated rings. The molecule has 0 N–H and O–H groups in total. The van der Waals surface area contributed by atoms with Gasteiger partial charge in [0, 0.05) is 25.1 Å². The summed E-state index contributed by atoms with van der Waals surface area (Å²) >= 11 is 3.54. The minimum atomic E-state index is 0.617. The lowest BCUT2D eigenvalue weighted by Gasteiger charge is -2.22. The van der Waals surface area contributed by atoms with E-state index < -0.39 is 0 Å². The molecular formula is C15H22BrN3. The highest BCUT2D eigenvalue weighted by atomic mass is 79.9. The Morgan fingerprint density at radius 2 is 2.05 bits per heavy atom. The molecule has 0 amide bonds. The Hall–Kier alpha value is -0.640. The quantitative estimate of drug-likeness (QED) is 0.783. The molecule has 0 bridgehead atoms. The fourth-order valence-electron chi connectivity index (χ4n) is 2.91. The van der Waals surface area contributed by atoms with E-state index in [-0.39, 0.29) is 0 Å². The maximum atomic E-state index is 4.80. The van der Waals surface area contributed by atoms with Crippen molar-refractivity contribution < 1.29 is 0 Å². The van der Waals surface area contributed by atoms with Crippen LogP contribution in [0.4, 0.5) is 5.82 Å². The standard InChI is InChI=1S/C15H22BrN3/c1-2-11-4-3-8-19(9-7-11)14-10-13(16)17-15(18-14)12-5-6-12/h10-12H,2-9H2,1H3. The molecule has 2 heterocycles. The van der Waals surface area contributed by atoms with Gasteiger partial charge in [-0.1, -0.05) is 13.3 Å². The first kappa shape index (κ1) is 13.3. The van der Waals surface area contributed by atoms with Gasteiger partial charge in [-0.15, -0.1) is 0 Å². The van der Waals surface area contributed by atoms with Crippen LogP contribution in [-0.2, 0) is 0 Å². The number of aromatic nitrogens is 2. The lowest BCUT2D eigenvalue weighted by Crippen LogP contribution is -2.25. The van der Waals surface area contributed by atoms with Crippen LogP contribution in [0.25, 0.3) is 0 Å². The van der Waals surface area contributed by atoms with Gasteiger partial charge in [0.1, 0.15) is 16.2 Å². The van der Waals surface area contributed by atoms with Crippen LogP contribution in [0.3, 0.4) is 0 Å². The van der Waals surface area contributed by atoms with E-state index in [0.29, 0.717) is 5.92 Å². The molecule has 1 unspecified atom stereocenters. The van der Waals surface area contributed by atoms with Crippen molar-refractivity contribution in [2.75, 3.05) is 18.0 Å². The third-order valence-corrected chi connectivity index (χ3v) is 4.80. The zero-order valence-corrected chi connectivity index (χ0v) is 13.2. The zero-order valence-electron chi connectivity index (χ0n) is 11.6. The molecule has 1 atom stereocenters. The molecule has 3 nitrogen and oxygen atoms in total. The molecule has 2 aliphatic rings. The van der Waals surface area contributed by atoms with Crippen molar-refractivity contribution >= 4 is 21.7 Å². The Morgan fingerprint density at radius 3 is 2.79 bits per heavy atom. The number of rotatable bonds is 3. The van der Waals surface area contributed by atoms with Gasteiger partial charge in [-0.2, -0.15) is 0 Å². The summed E-state index contributed by atoms with van der Waals surface area (Å²) in [5.41, 5.74) is 0. The topological polar surface area (TPSA) is 29.0 Å². The van der Waals surface area contributed by atoms with Crippen molar-refractivity contribution in [3.8, 4) is 0 Å². The first-order valence-corrected chi connectivity index (χ1v) is 8.35. The molecule has 1 aliphatic heterocycles. The lowest BCUT2D eigenvalue weighted by atomic mass is 9.98. The van der Waals surface area contributed by atoms with Crippen molar-refractivity contribution in [1.82, 2.24) is 9.97 Å². The Balaban J connectivity index is 1.77. The van der Waals surface area contributed by atoms with Crippen LogP contribution in [-0.4, -0.2) is 23.1 Å². The maximum absolute atomic E-state index is 4.80. The van der Waals surface area contributed by atoms with E-state index in [0.717, 1.165) is 35.3 Å². The van der Waals surface area contributed by atoms with Crippen molar-refractivity contribution in [3.05, 3.63) is 16.5 Å². The first-order valence-electron chi connectivity index (χ1n) is 7.55. The second-order valence-corrected chi connectivity index (χ2v) is 6.69. The number of nitrogens with zero attached hydrogens (tertiary/aromatic N) is 3. The van der Waals surface area contributed by atoms with Crippen LogP contribution < -0.4 is 4.90 Å². The first-order chi connectivity index (χ1) is 9.26. The van der Waals surface area contributed by atoms with Crippen LogP contribution in [0.1, 0.15) is 57.2 Å². The van der Waals surface area contributed by atoms with Crippen LogP contribution in [0, 0.1) is 5.92 Å². The summed E-state index contributed by atoms with van der Waals surface area (Å²) in [6.07, 6.45) is 7.79. The molecule has 104 valence electrons. The van der Waals surface area contributed by atoms with E-state index >= 15 is 0 Å². The molecule has 1 saturated heterocycles. The zero-order chi connectivity index (χ0) is 13.2. The van der Waals surface area contributed by atoms with E-state index in [9.17, 15) is 0 Å². The molecular weight excluding hydrogens is 302 g/mol. The third kappa shape index (κ3) is 3.28. The van der Waals surface area contributed by atoms with Crippen LogP contribution in [0.15, 0.2) is 10.7 Å². The number of anilines is 1. The smallest absolute Gasteiger partial charge is 0.135 e. The summed E-state index contributed by atoms with van der Waals surface area (Å²) in [6.45, 7) is 4.60. The molecule has 19 heavy (non-hydrogen) atoms. The van der Waals surface area contributed by atoms with Gasteiger partial charge in [-0.25, -0.2) is 9.97 Å². The summed E-state index contributed by atoms with van der Waals surface area (Å²) in [5.74, 6) is 3.69. The molecule has 0 aromatic carbocycles. The van der Waals surface area contributed by atoms with Gasteiger partial charge in [0.15, 0.2) is 0 Å². The van der Waals surface area contributed by atoms with Gasteiger partial charge in [-0.3, -0.25) is 0 Å². The fourth-order valence-corrected chi connectivity index (χ4v) is 3.30. The average molecular weight is 324 g/mol. The summed E-state index contributed by atoms with van der Waals surface area (Å²) in [5, 5.41) is 0. The molecule has 0 spiro atoms. The highest BCUT2D eigenvalue weighted by molar-refractivity contribution is 9.10. The summed E-state index contributed by atoms with van der Waals surface area (Å²) in [6, 6.07) is 2.08. The van der Waals surface area contributed by atoms with Crippen LogP contribution in [0.2, 0.25) is 0 Å². The summed E-state index contributed by atoms with van der Waals surface area (Å²) in [4.78, 5) is 11.8. The van der Waals surface area contributed by atoms with E-state index in [1.54, 1.807) is 0 Å². The van der Waals surface area contributed by atoms with E-state index in [1.807, 2.05) is 0 Å². The molecule has 0 radical (unpaired) electrons. The summed E-state index contributed by atoms with van der Waals surface area (Å²) < 4.78 is 0.940. The van der Waals surface area contributed by atoms with Gasteiger partial charge in [0.25, 0.3) is 0 Å². The highest BCUT2D eigenvalue weighted by Crippen LogP contribution is 2.39. The molecule has 1 aromatic heterocycles. The third-order valence-electron chi connectivity index (χ3n) is 4.39. The van der Waals surface area contributed by atoms with Crippen LogP contribution in [0.5, 0.6) is 0 Å². The van der Waals surface area contributed by atoms with Crippen LogP contribution >= 0.6 is 15.9 Å². The van der Waals surface area contributed by atoms with Crippen molar-refractivity contribution in [3.63, 3.8) is 0 Å². The molecule has 3 rings (SSSR count). The summed E-state index contributed by atoms with van der Waals surface area (Å²) in [7, 11) is 0. The molecule has 1 aromatic rings. The number of hydrogen-bond donors (Lipinski definition) is 0. The van der Waals surface area contributed by atoms with Gasteiger partial charge in [-0.05, 0) is 54.0 Å². The average Bonchev–Trinajstić information content (AvgIpc) is 3.24. The number of hydrogen-bond acceptors (Lipinski definition) is 3. The Morgan fingerprint density at radius 1 is 1.21 bits per heavy atom. The van der Waals surface area contributed by atoms with Gasteiger partial charge in [0.2, 0.25) is 0 Å². The Bertz CT molecular complexity index is 445. The monoisotopic (exact) mass is 323 g/mol. The Kier molecular flexibility index (Phi) is 4.06. The predicted molar refractivity (Wildman–Crippen MR) is 81.6 cm³/mol. The van der Waals surface area contributed by atoms with Gasteiger partial charge >= 0.3 is 0 Å². The highest BCUT2D eigenvalue weighted by Gasteiger charge is 2.28. The number of halogens is 1. The molecule has 4 heteroatoms. The Labute approximate surface area is 124 Å². The van der Waals surface area contributed by atoms with Gasteiger partial charge in [0.05, 0.1) is 0 Å². The maximum Gasteiger partial charge on any atom is 0.135 e. The van der Waals surface area contributed by atoms with Gasteiger partial charge < -0.3 is 4.90 Å². The van der Waals surface area contributed by atoms with E-state index in [2.05, 4.69) is 38.8 Å². The van der Waals surface area contributed by atoms with Crippen molar-refractivity contribution in [2.24, 2.45) is 5.92 Å². The fraction of sp³-hybridized carbons (Fsp3) is 0.733. The van der Waals surface area contributed by atoms with Crippen molar-refractivity contribution in [1.29, 1.82) is 0 Å². The predicted octanol–water partition coefficient (Wildman–Crippen LogP) is 4.13. The normalized spacial score (nSPS) is 24.3. The minimum absolute atomic E-state index is 0.617. The SMILES string of the molecule is CCC1CCCN(c2cc(Br)nc(C3CC3)n2)CC1. The second kappa shape index (κ2) is 5.78.